The summed E-state index contributed by atoms with van der Waals surface area (Å²) in [5, 5.41) is 6.38. The second kappa shape index (κ2) is 10.5. The van der Waals surface area contributed by atoms with Crippen LogP contribution in [0.15, 0.2) is 54.9 Å². The van der Waals surface area contributed by atoms with Gasteiger partial charge in [0.2, 0.25) is 5.91 Å². The van der Waals surface area contributed by atoms with Crippen LogP contribution in [0.1, 0.15) is 30.4 Å². The van der Waals surface area contributed by atoms with Crippen molar-refractivity contribution in [1.29, 1.82) is 0 Å². The SMILES string of the molecule is Cl.Cl.O=C(CC1CCCN1)NCc1ccc(Cn2cnc3ccccc32)cc1. The Morgan fingerprint density at radius 1 is 1.11 bits per heavy atom. The molecule has 1 atom stereocenters. The lowest BCUT2D eigenvalue weighted by Gasteiger charge is -2.11. The lowest BCUT2D eigenvalue weighted by atomic mass is 10.1. The van der Waals surface area contributed by atoms with Crippen LogP contribution >= 0.6 is 24.8 Å². The number of hydrogen-bond acceptors (Lipinski definition) is 3. The van der Waals surface area contributed by atoms with E-state index in [4.69, 9.17) is 0 Å². The Balaban J connectivity index is 0.00000140. The third-order valence-corrected chi connectivity index (χ3v) is 4.99. The number of para-hydroxylation sites is 2. The number of fused-ring (bicyclic) bond motifs is 1. The molecular weight excluding hydrogens is 395 g/mol. The van der Waals surface area contributed by atoms with Crippen molar-refractivity contribution in [1.82, 2.24) is 20.2 Å². The van der Waals surface area contributed by atoms with Gasteiger partial charge in [-0.3, -0.25) is 4.79 Å². The van der Waals surface area contributed by atoms with Gasteiger partial charge >= 0.3 is 0 Å². The van der Waals surface area contributed by atoms with Crippen molar-refractivity contribution in [3.8, 4) is 0 Å². The van der Waals surface area contributed by atoms with Crippen LogP contribution in [0, 0.1) is 0 Å². The number of nitrogens with zero attached hydrogens (tertiary/aromatic N) is 2. The molecule has 1 saturated heterocycles. The summed E-state index contributed by atoms with van der Waals surface area (Å²) in [6, 6.07) is 16.9. The van der Waals surface area contributed by atoms with E-state index in [1.807, 2.05) is 24.5 Å². The first-order chi connectivity index (χ1) is 12.8. The van der Waals surface area contributed by atoms with Gasteiger partial charge in [-0.1, -0.05) is 36.4 Å². The zero-order valence-corrected chi connectivity index (χ0v) is 17.3. The van der Waals surface area contributed by atoms with Crippen LogP contribution in [0.3, 0.4) is 0 Å². The summed E-state index contributed by atoms with van der Waals surface area (Å²) in [6.07, 6.45) is 4.73. The summed E-state index contributed by atoms with van der Waals surface area (Å²) >= 11 is 0. The third-order valence-electron chi connectivity index (χ3n) is 4.99. The van der Waals surface area contributed by atoms with Gasteiger partial charge in [-0.25, -0.2) is 4.98 Å². The minimum absolute atomic E-state index is 0. The molecule has 1 aliphatic heterocycles. The highest BCUT2D eigenvalue weighted by molar-refractivity contribution is 5.85. The summed E-state index contributed by atoms with van der Waals surface area (Å²) < 4.78 is 2.15. The molecule has 1 aliphatic rings. The molecule has 0 spiro atoms. The molecule has 1 unspecified atom stereocenters. The summed E-state index contributed by atoms with van der Waals surface area (Å²) in [4.78, 5) is 16.4. The molecule has 150 valence electrons. The fourth-order valence-electron chi connectivity index (χ4n) is 3.52. The molecule has 2 N–H and O–H groups in total. The van der Waals surface area contributed by atoms with Crippen molar-refractivity contribution >= 4 is 41.8 Å². The molecule has 0 bridgehead atoms. The zero-order valence-electron chi connectivity index (χ0n) is 15.6. The van der Waals surface area contributed by atoms with Gasteiger partial charge in [0.25, 0.3) is 0 Å². The van der Waals surface area contributed by atoms with Crippen molar-refractivity contribution in [2.24, 2.45) is 0 Å². The highest BCUT2D eigenvalue weighted by Crippen LogP contribution is 2.14. The Labute approximate surface area is 177 Å². The minimum atomic E-state index is 0. The highest BCUT2D eigenvalue weighted by Gasteiger charge is 2.17. The first-order valence-corrected chi connectivity index (χ1v) is 9.26. The van der Waals surface area contributed by atoms with Crippen molar-refractivity contribution in [3.05, 3.63) is 66.0 Å². The van der Waals surface area contributed by atoms with E-state index in [-0.39, 0.29) is 30.7 Å². The number of carbonyl (C=O) groups is 1. The van der Waals surface area contributed by atoms with E-state index in [0.717, 1.165) is 36.1 Å². The van der Waals surface area contributed by atoms with Crippen molar-refractivity contribution in [2.75, 3.05) is 6.54 Å². The van der Waals surface area contributed by atoms with Gasteiger partial charge < -0.3 is 15.2 Å². The van der Waals surface area contributed by atoms with Crippen LogP contribution in [0.4, 0.5) is 0 Å². The maximum Gasteiger partial charge on any atom is 0.221 e. The molecule has 1 aromatic heterocycles. The van der Waals surface area contributed by atoms with Gasteiger partial charge in [-0.15, -0.1) is 24.8 Å². The molecule has 0 radical (unpaired) electrons. The molecule has 0 aliphatic carbocycles. The van der Waals surface area contributed by atoms with Crippen molar-refractivity contribution < 1.29 is 4.79 Å². The molecule has 7 heteroatoms. The smallest absolute Gasteiger partial charge is 0.221 e. The number of rotatable bonds is 6. The average Bonchev–Trinajstić information content (AvgIpc) is 3.32. The number of amides is 1. The Hall–Kier alpha value is -2.08. The van der Waals surface area contributed by atoms with Crippen LogP contribution in [-0.4, -0.2) is 28.0 Å². The Morgan fingerprint density at radius 3 is 2.61 bits per heavy atom. The van der Waals surface area contributed by atoms with E-state index in [1.165, 1.54) is 12.0 Å². The predicted octanol–water partition coefficient (Wildman–Crippen LogP) is 3.69. The Morgan fingerprint density at radius 2 is 1.86 bits per heavy atom. The number of aromatic nitrogens is 2. The fourth-order valence-corrected chi connectivity index (χ4v) is 3.52. The monoisotopic (exact) mass is 420 g/mol. The lowest BCUT2D eigenvalue weighted by Crippen LogP contribution is -2.31. The standard InChI is InChI=1S/C21H24N4O.2ClH/c26-21(12-18-4-3-11-22-18)23-13-16-7-9-17(10-8-16)14-25-15-24-19-5-1-2-6-20(19)25;;/h1-2,5-10,15,18,22H,3-4,11-14H2,(H,23,26);2*1H. The first-order valence-electron chi connectivity index (χ1n) is 9.26. The minimum Gasteiger partial charge on any atom is -0.352 e. The molecule has 0 saturated carbocycles. The van der Waals surface area contributed by atoms with Gasteiger partial charge in [0.05, 0.1) is 17.4 Å². The van der Waals surface area contributed by atoms with Crippen LogP contribution < -0.4 is 10.6 Å². The first kappa shape index (κ1) is 22.2. The number of hydrogen-bond donors (Lipinski definition) is 2. The maximum absolute atomic E-state index is 12.0. The molecule has 1 fully saturated rings. The molecule has 2 heterocycles. The number of imidazole rings is 1. The summed E-state index contributed by atoms with van der Waals surface area (Å²) in [6.45, 7) is 2.41. The number of benzene rings is 2. The van der Waals surface area contributed by atoms with E-state index in [1.54, 1.807) is 0 Å². The van der Waals surface area contributed by atoms with E-state index >= 15 is 0 Å². The lowest BCUT2D eigenvalue weighted by molar-refractivity contribution is -0.121. The highest BCUT2D eigenvalue weighted by atomic mass is 35.5. The van der Waals surface area contributed by atoms with Crippen molar-refractivity contribution in [3.63, 3.8) is 0 Å². The second-order valence-corrected chi connectivity index (χ2v) is 6.95. The van der Waals surface area contributed by atoms with Crippen LogP contribution in [0.2, 0.25) is 0 Å². The quantitative estimate of drug-likeness (QED) is 0.639. The summed E-state index contributed by atoms with van der Waals surface area (Å²) in [7, 11) is 0. The Kier molecular flexibility index (Phi) is 8.30. The topological polar surface area (TPSA) is 59.0 Å². The van der Waals surface area contributed by atoms with Crippen LogP contribution in [0.25, 0.3) is 11.0 Å². The normalized spacial score (nSPS) is 15.6. The zero-order chi connectivity index (χ0) is 17.8. The van der Waals surface area contributed by atoms with E-state index in [9.17, 15) is 4.79 Å². The second-order valence-electron chi connectivity index (χ2n) is 6.95. The number of nitrogens with one attached hydrogen (secondary N) is 2. The molecule has 1 amide bonds. The fraction of sp³-hybridized carbons (Fsp3) is 0.333. The van der Waals surface area contributed by atoms with Gasteiger partial charge in [0.1, 0.15) is 0 Å². The largest absolute Gasteiger partial charge is 0.352 e. The average molecular weight is 421 g/mol. The summed E-state index contributed by atoms with van der Waals surface area (Å²) in [5.41, 5.74) is 4.50. The molecule has 4 rings (SSSR count). The van der Waals surface area contributed by atoms with Crippen LogP contribution in [0.5, 0.6) is 0 Å². The Bertz CT molecular complexity index is 889. The van der Waals surface area contributed by atoms with Gasteiger partial charge in [-0.05, 0) is 42.6 Å². The van der Waals surface area contributed by atoms with E-state index in [0.29, 0.717) is 19.0 Å². The third kappa shape index (κ3) is 5.47. The van der Waals surface area contributed by atoms with Crippen LogP contribution in [-0.2, 0) is 17.9 Å². The molecular formula is C21H26Cl2N4O. The maximum atomic E-state index is 12.0. The molecule has 5 nitrogen and oxygen atoms in total. The van der Waals surface area contributed by atoms with E-state index in [2.05, 4.69) is 50.5 Å². The predicted molar refractivity (Wildman–Crippen MR) is 117 cm³/mol. The molecule has 3 aromatic rings. The van der Waals surface area contributed by atoms with Gasteiger partial charge in [0, 0.05) is 25.6 Å². The van der Waals surface area contributed by atoms with E-state index < -0.39 is 0 Å². The molecule has 2 aromatic carbocycles. The molecule has 28 heavy (non-hydrogen) atoms. The van der Waals surface area contributed by atoms with Gasteiger partial charge in [-0.2, -0.15) is 0 Å². The number of carbonyl (C=O) groups excluding carboxylic acids is 1. The number of halogens is 2. The summed E-state index contributed by atoms with van der Waals surface area (Å²) in [5.74, 6) is 0.123. The van der Waals surface area contributed by atoms with Crippen molar-refractivity contribution in [2.45, 2.75) is 38.4 Å². The van der Waals surface area contributed by atoms with Gasteiger partial charge in [0.15, 0.2) is 0 Å².